The average Bonchev–Trinajstić information content (AvgIpc) is 3.09. The minimum absolute atomic E-state index is 0.139. The molecule has 7 heteroatoms. The van der Waals surface area contributed by atoms with Crippen LogP contribution in [0.5, 0.6) is 0 Å². The third kappa shape index (κ3) is 4.08. The molecule has 3 aromatic carbocycles. The van der Waals surface area contributed by atoms with Crippen LogP contribution in [0.3, 0.4) is 0 Å². The van der Waals surface area contributed by atoms with Gasteiger partial charge in [0.05, 0.1) is 6.54 Å². The molecule has 0 bridgehead atoms. The summed E-state index contributed by atoms with van der Waals surface area (Å²) < 4.78 is 0. The van der Waals surface area contributed by atoms with Crippen molar-refractivity contribution in [1.82, 2.24) is 14.7 Å². The molecule has 2 aliphatic heterocycles. The molecule has 0 spiro atoms. The van der Waals surface area contributed by atoms with Crippen molar-refractivity contribution in [3.8, 4) is 0 Å². The predicted octanol–water partition coefficient (Wildman–Crippen LogP) is 2.75. The number of carbonyl (C=O) groups excluding carboxylic acids is 3. The maximum absolute atomic E-state index is 13.8. The van der Waals surface area contributed by atoms with Crippen LogP contribution in [-0.4, -0.2) is 56.7 Å². The zero-order valence-corrected chi connectivity index (χ0v) is 19.5. The van der Waals surface area contributed by atoms with E-state index in [1.165, 1.54) is 9.80 Å². The predicted molar refractivity (Wildman–Crippen MR) is 130 cm³/mol. The van der Waals surface area contributed by atoms with Gasteiger partial charge in [0, 0.05) is 24.2 Å². The number of amides is 3. The number of hydrogen-bond acceptors (Lipinski definition) is 4. The van der Waals surface area contributed by atoms with E-state index in [2.05, 4.69) is 0 Å². The van der Waals surface area contributed by atoms with E-state index in [4.69, 9.17) is 0 Å². The Morgan fingerprint density at radius 1 is 0.829 bits per heavy atom. The van der Waals surface area contributed by atoms with E-state index >= 15 is 0 Å². The smallest absolute Gasteiger partial charge is 0.257 e. The molecule has 3 aromatic rings. The standard InChI is InChI=1S/C28H27N3O4/c1-20-26(33)29(16-21-10-4-2-5-11-21)19-28(35)24-15-9-8-14-23(24)27(34)31(28)18-25(32)30(20)17-22-12-6-3-7-13-22/h2-15,20,35H,16-19H2,1H3/t20-,28+/m0/s1. The van der Waals surface area contributed by atoms with Crippen molar-refractivity contribution < 1.29 is 19.5 Å². The molecule has 0 unspecified atom stereocenters. The van der Waals surface area contributed by atoms with Crippen molar-refractivity contribution in [2.24, 2.45) is 0 Å². The summed E-state index contributed by atoms with van der Waals surface area (Å²) in [7, 11) is 0. The van der Waals surface area contributed by atoms with Gasteiger partial charge in [-0.25, -0.2) is 0 Å². The van der Waals surface area contributed by atoms with Crippen molar-refractivity contribution in [3.63, 3.8) is 0 Å². The number of benzene rings is 3. The van der Waals surface area contributed by atoms with Gasteiger partial charge in [0.15, 0.2) is 5.72 Å². The lowest BCUT2D eigenvalue weighted by Crippen LogP contribution is -2.53. The highest BCUT2D eigenvalue weighted by Gasteiger charge is 2.52. The van der Waals surface area contributed by atoms with E-state index in [1.807, 2.05) is 60.7 Å². The number of aliphatic hydroxyl groups is 1. The topological polar surface area (TPSA) is 81.2 Å². The molecular weight excluding hydrogens is 442 g/mol. The Morgan fingerprint density at radius 2 is 1.40 bits per heavy atom. The Morgan fingerprint density at radius 3 is 2.06 bits per heavy atom. The van der Waals surface area contributed by atoms with Crippen LogP contribution in [0.2, 0.25) is 0 Å². The molecule has 7 nitrogen and oxygen atoms in total. The van der Waals surface area contributed by atoms with Crippen molar-refractivity contribution >= 4 is 17.7 Å². The first-order valence-electron chi connectivity index (χ1n) is 11.7. The second-order valence-corrected chi connectivity index (χ2v) is 9.12. The summed E-state index contributed by atoms with van der Waals surface area (Å²) in [5.41, 5.74) is 0.712. The van der Waals surface area contributed by atoms with Crippen molar-refractivity contribution in [2.45, 2.75) is 31.8 Å². The van der Waals surface area contributed by atoms with Crippen LogP contribution in [0.4, 0.5) is 0 Å². The van der Waals surface area contributed by atoms with Crippen LogP contribution >= 0.6 is 0 Å². The first kappa shape index (κ1) is 22.8. The lowest BCUT2D eigenvalue weighted by Gasteiger charge is -2.37. The Kier molecular flexibility index (Phi) is 5.86. The summed E-state index contributed by atoms with van der Waals surface area (Å²) >= 11 is 0. The highest BCUT2D eigenvalue weighted by atomic mass is 16.3. The molecule has 1 saturated heterocycles. The molecule has 1 N–H and O–H groups in total. The van der Waals surface area contributed by atoms with Gasteiger partial charge in [-0.3, -0.25) is 19.3 Å². The number of fused-ring (bicyclic) bond motifs is 3. The molecule has 2 atom stereocenters. The Hall–Kier alpha value is -3.97. The first-order chi connectivity index (χ1) is 16.9. The molecule has 1 fully saturated rings. The Balaban J connectivity index is 1.59. The van der Waals surface area contributed by atoms with E-state index in [9.17, 15) is 19.5 Å². The molecule has 2 aliphatic rings. The summed E-state index contributed by atoms with van der Waals surface area (Å²) in [6.45, 7) is 1.70. The quantitative estimate of drug-likeness (QED) is 0.637. The van der Waals surface area contributed by atoms with E-state index in [-0.39, 0.29) is 32.1 Å². The zero-order valence-electron chi connectivity index (χ0n) is 19.5. The fourth-order valence-electron chi connectivity index (χ4n) is 4.98. The van der Waals surface area contributed by atoms with Crippen LogP contribution in [0.25, 0.3) is 0 Å². The maximum Gasteiger partial charge on any atom is 0.257 e. The van der Waals surface area contributed by atoms with Crippen molar-refractivity contribution in [1.29, 1.82) is 0 Å². The van der Waals surface area contributed by atoms with Crippen LogP contribution in [0.15, 0.2) is 84.9 Å². The van der Waals surface area contributed by atoms with Gasteiger partial charge in [0.25, 0.3) is 5.91 Å². The molecule has 178 valence electrons. The van der Waals surface area contributed by atoms with Crippen LogP contribution in [0, 0.1) is 0 Å². The lowest BCUT2D eigenvalue weighted by atomic mass is 10.00. The first-order valence-corrected chi connectivity index (χ1v) is 11.7. The molecular formula is C28H27N3O4. The molecule has 5 rings (SSSR count). The number of rotatable bonds is 4. The number of β-amino-alcohol motifs (C(OH)–C–C–N with tert-alkyl or cyclic N) is 1. The maximum atomic E-state index is 13.8. The largest absolute Gasteiger partial charge is 0.365 e. The second kappa shape index (κ2) is 9.00. The molecule has 35 heavy (non-hydrogen) atoms. The zero-order chi connectivity index (χ0) is 24.6. The number of hydrogen-bond donors (Lipinski definition) is 1. The van der Waals surface area contributed by atoms with Gasteiger partial charge in [-0.15, -0.1) is 0 Å². The van der Waals surface area contributed by atoms with E-state index in [0.29, 0.717) is 11.1 Å². The van der Waals surface area contributed by atoms with Gasteiger partial charge in [-0.2, -0.15) is 0 Å². The molecule has 3 amide bonds. The van der Waals surface area contributed by atoms with E-state index in [1.54, 1.807) is 36.1 Å². The monoisotopic (exact) mass is 469 g/mol. The fraction of sp³-hybridized carbons (Fsp3) is 0.250. The summed E-state index contributed by atoms with van der Waals surface area (Å²) in [5, 5.41) is 12.0. The normalized spacial score (nSPS) is 22.4. The van der Waals surface area contributed by atoms with Crippen LogP contribution < -0.4 is 0 Å². The highest BCUT2D eigenvalue weighted by molar-refractivity contribution is 6.02. The third-order valence-corrected chi connectivity index (χ3v) is 6.85. The van der Waals surface area contributed by atoms with E-state index in [0.717, 1.165) is 11.1 Å². The van der Waals surface area contributed by atoms with Crippen molar-refractivity contribution in [3.05, 3.63) is 107 Å². The van der Waals surface area contributed by atoms with Gasteiger partial charge >= 0.3 is 0 Å². The van der Waals surface area contributed by atoms with Crippen molar-refractivity contribution in [2.75, 3.05) is 13.1 Å². The minimum Gasteiger partial charge on any atom is -0.365 e. The molecule has 0 aromatic heterocycles. The minimum atomic E-state index is -1.81. The number of carbonyl (C=O) groups is 3. The highest BCUT2D eigenvalue weighted by Crippen LogP contribution is 2.39. The Bertz CT molecular complexity index is 1260. The van der Waals surface area contributed by atoms with Gasteiger partial charge < -0.3 is 14.9 Å². The van der Waals surface area contributed by atoms with E-state index < -0.39 is 23.6 Å². The molecule has 2 heterocycles. The Labute approximate surface area is 204 Å². The summed E-state index contributed by atoms with van der Waals surface area (Å²) in [6, 6.07) is 25.0. The fourth-order valence-corrected chi connectivity index (χ4v) is 4.98. The second-order valence-electron chi connectivity index (χ2n) is 9.12. The number of nitrogens with zero attached hydrogens (tertiary/aromatic N) is 3. The van der Waals surface area contributed by atoms with Gasteiger partial charge in [-0.05, 0) is 24.1 Å². The summed E-state index contributed by atoms with van der Waals surface area (Å²) in [5.74, 6) is -1.10. The third-order valence-electron chi connectivity index (χ3n) is 6.85. The van der Waals surface area contributed by atoms with Gasteiger partial charge in [0.1, 0.15) is 12.6 Å². The molecule has 0 saturated carbocycles. The van der Waals surface area contributed by atoms with Crippen LogP contribution in [0.1, 0.15) is 34.0 Å². The van der Waals surface area contributed by atoms with Crippen LogP contribution in [-0.2, 0) is 28.4 Å². The molecule has 0 radical (unpaired) electrons. The van der Waals surface area contributed by atoms with Gasteiger partial charge in [-0.1, -0.05) is 78.9 Å². The average molecular weight is 470 g/mol. The summed E-state index contributed by atoms with van der Waals surface area (Å²) in [6.07, 6.45) is 0. The summed E-state index contributed by atoms with van der Waals surface area (Å²) in [4.78, 5) is 45.0. The van der Waals surface area contributed by atoms with Gasteiger partial charge in [0.2, 0.25) is 11.8 Å². The lowest BCUT2D eigenvalue weighted by molar-refractivity contribution is -0.146. The molecule has 0 aliphatic carbocycles. The SMILES string of the molecule is C[C@H]1C(=O)N(Cc2ccccc2)C[C@@]2(O)c3ccccc3C(=O)N2CC(=O)N1Cc1ccccc1.